The summed E-state index contributed by atoms with van der Waals surface area (Å²) < 4.78 is 0. The van der Waals surface area contributed by atoms with Gasteiger partial charge in [0, 0.05) is 51.7 Å². The molecule has 2 aromatic rings. The molecule has 3 aliphatic rings. The summed E-state index contributed by atoms with van der Waals surface area (Å²) in [5.41, 5.74) is 2.47. The Balaban J connectivity index is 0.000000349. The van der Waals surface area contributed by atoms with Gasteiger partial charge in [0.05, 0.1) is 12.6 Å². The van der Waals surface area contributed by atoms with Gasteiger partial charge in [-0.15, -0.1) is 0 Å². The first-order valence-electron chi connectivity index (χ1n) is 13.9. The van der Waals surface area contributed by atoms with E-state index >= 15 is 0 Å². The van der Waals surface area contributed by atoms with Crippen molar-refractivity contribution in [3.05, 3.63) is 53.9 Å². The van der Waals surface area contributed by atoms with Gasteiger partial charge in [0.2, 0.25) is 17.8 Å². The second-order valence-electron chi connectivity index (χ2n) is 10.4. The number of carbonyl (C=O) groups excluding carboxylic acids is 2. The zero-order chi connectivity index (χ0) is 30.2. The quantitative estimate of drug-likeness (QED) is 0.209. The molecule has 5 rings (SSSR count). The summed E-state index contributed by atoms with van der Waals surface area (Å²) in [5.74, 6) is -2.81. The summed E-state index contributed by atoms with van der Waals surface area (Å²) in [6.45, 7) is 6.36. The molecule has 42 heavy (non-hydrogen) atoms. The molecule has 4 heterocycles. The predicted octanol–water partition coefficient (Wildman–Crippen LogP) is -0.948. The summed E-state index contributed by atoms with van der Waals surface area (Å²) in [6, 6.07) is 9.88. The van der Waals surface area contributed by atoms with Crippen LogP contribution in [0.15, 0.2) is 42.7 Å². The molecule has 0 radical (unpaired) electrons. The molecule has 0 saturated carbocycles. The number of aliphatic carboxylic acids is 2. The van der Waals surface area contributed by atoms with E-state index in [9.17, 15) is 19.2 Å². The van der Waals surface area contributed by atoms with E-state index in [1.807, 2.05) is 23.1 Å². The van der Waals surface area contributed by atoms with Gasteiger partial charge in [0.25, 0.3) is 0 Å². The van der Waals surface area contributed by atoms with Crippen molar-refractivity contribution in [2.75, 3.05) is 50.7 Å². The summed E-state index contributed by atoms with van der Waals surface area (Å²) in [7, 11) is 0. The van der Waals surface area contributed by atoms with E-state index in [1.165, 1.54) is 16.0 Å². The highest BCUT2D eigenvalue weighted by atomic mass is 16.4. The third-order valence-electron chi connectivity index (χ3n) is 7.65. The minimum atomic E-state index is -2.27. The number of imide groups is 1. The zero-order valence-electron chi connectivity index (χ0n) is 23.2. The fourth-order valence-electron chi connectivity index (χ4n) is 5.29. The van der Waals surface area contributed by atoms with Crippen LogP contribution in [0.1, 0.15) is 24.0 Å². The molecule has 0 bridgehead atoms. The summed E-state index contributed by atoms with van der Waals surface area (Å²) in [5, 5.41) is 32.5. The number of aromatic nitrogens is 2. The maximum absolute atomic E-state index is 13.1. The number of piperazine rings is 2. The van der Waals surface area contributed by atoms with Gasteiger partial charge < -0.3 is 25.3 Å². The Morgan fingerprint density at radius 3 is 2.05 bits per heavy atom. The van der Waals surface area contributed by atoms with Crippen LogP contribution in [0.5, 0.6) is 0 Å². The van der Waals surface area contributed by atoms with Crippen LogP contribution in [0.4, 0.5) is 5.95 Å². The Morgan fingerprint density at radius 2 is 1.43 bits per heavy atom. The number of fused-ring (bicyclic) bond motifs is 2. The van der Waals surface area contributed by atoms with Crippen molar-refractivity contribution in [2.45, 2.75) is 44.1 Å². The molecule has 0 aliphatic carbocycles. The first-order valence-corrected chi connectivity index (χ1v) is 13.9. The molecule has 1 aromatic carbocycles. The average molecular weight is 585 g/mol. The Bertz CT molecular complexity index is 1240. The number of nitrogens with zero attached hydrogens (tertiary/aromatic N) is 6. The van der Waals surface area contributed by atoms with Crippen LogP contribution in [-0.2, 0) is 32.1 Å². The molecule has 2 amide bonds. The minimum Gasteiger partial charge on any atom is -0.479 e. The molecule has 1 aromatic heterocycles. The van der Waals surface area contributed by atoms with Gasteiger partial charge in [-0.25, -0.2) is 19.6 Å². The number of hydrogen-bond acceptors (Lipinski definition) is 11. The fourth-order valence-corrected chi connectivity index (χ4v) is 5.29. The van der Waals surface area contributed by atoms with Gasteiger partial charge in [0.1, 0.15) is 0 Å². The van der Waals surface area contributed by atoms with E-state index in [2.05, 4.69) is 31.9 Å². The molecular weight excluding hydrogens is 548 g/mol. The molecule has 14 nitrogen and oxygen atoms in total. The van der Waals surface area contributed by atoms with E-state index in [-0.39, 0.29) is 17.9 Å². The first kappa shape index (κ1) is 31.0. The van der Waals surface area contributed by atoms with Crippen molar-refractivity contribution in [1.82, 2.24) is 24.7 Å². The number of aliphatic hydroxyl groups is 2. The number of amides is 2. The predicted molar refractivity (Wildman–Crippen MR) is 148 cm³/mol. The van der Waals surface area contributed by atoms with Crippen molar-refractivity contribution < 1.29 is 39.6 Å². The number of unbranched alkanes of at least 4 members (excludes halogenated alkanes) is 1. The van der Waals surface area contributed by atoms with Crippen LogP contribution in [0.25, 0.3) is 0 Å². The number of anilines is 1. The zero-order valence-corrected chi connectivity index (χ0v) is 23.2. The topological polar surface area (TPSA) is 188 Å². The highest BCUT2D eigenvalue weighted by molar-refractivity contribution is 6.01. The Morgan fingerprint density at radius 1 is 0.833 bits per heavy atom. The highest BCUT2D eigenvalue weighted by Crippen LogP contribution is 2.27. The van der Waals surface area contributed by atoms with Crippen molar-refractivity contribution in [2.24, 2.45) is 0 Å². The van der Waals surface area contributed by atoms with Crippen LogP contribution in [0.3, 0.4) is 0 Å². The maximum Gasteiger partial charge on any atom is 0.335 e. The third-order valence-corrected chi connectivity index (χ3v) is 7.65. The van der Waals surface area contributed by atoms with Gasteiger partial charge in [-0.05, 0) is 43.0 Å². The van der Waals surface area contributed by atoms with Crippen molar-refractivity contribution >= 4 is 29.7 Å². The van der Waals surface area contributed by atoms with Crippen LogP contribution < -0.4 is 4.90 Å². The van der Waals surface area contributed by atoms with E-state index < -0.39 is 24.1 Å². The van der Waals surface area contributed by atoms with Gasteiger partial charge in [-0.2, -0.15) is 0 Å². The molecule has 3 atom stereocenters. The van der Waals surface area contributed by atoms with Gasteiger partial charge in [0.15, 0.2) is 12.2 Å². The molecule has 2 saturated heterocycles. The standard InChI is InChI=1S/C24H30N6O2.C4H6O6/c31-22-18-29-17-20-7-2-1-6-19(20)16-21(29)23(32)30(22)11-4-3-10-27-12-14-28(15-13-27)24-25-8-5-9-26-24;5-1(3(7)8)2(6)4(9)10/h1-2,5-9,21H,3-4,10-18H2;1-2,5-6H,(H,7,8)(H,9,10). The molecule has 3 aliphatic heterocycles. The lowest BCUT2D eigenvalue weighted by molar-refractivity contribution is -0.165. The van der Waals surface area contributed by atoms with Crippen LogP contribution in [-0.4, -0.2) is 133 Å². The smallest absolute Gasteiger partial charge is 0.335 e. The number of hydrogen-bond donors (Lipinski definition) is 4. The molecule has 4 N–H and O–H groups in total. The van der Waals surface area contributed by atoms with Gasteiger partial charge >= 0.3 is 11.9 Å². The normalized spacial score (nSPS) is 20.6. The lowest BCUT2D eigenvalue weighted by atomic mass is 9.91. The third kappa shape index (κ3) is 7.64. The fraction of sp³-hybridized carbons (Fsp3) is 0.500. The van der Waals surface area contributed by atoms with Crippen molar-refractivity contribution in [1.29, 1.82) is 0 Å². The summed E-state index contributed by atoms with van der Waals surface area (Å²) in [4.78, 5) is 62.2. The number of rotatable bonds is 9. The average Bonchev–Trinajstić information content (AvgIpc) is 3.00. The van der Waals surface area contributed by atoms with Crippen LogP contribution >= 0.6 is 0 Å². The summed E-state index contributed by atoms with van der Waals surface area (Å²) >= 11 is 0. The number of benzene rings is 1. The molecule has 3 unspecified atom stereocenters. The van der Waals surface area contributed by atoms with Crippen LogP contribution in [0, 0.1) is 0 Å². The van der Waals surface area contributed by atoms with E-state index in [4.69, 9.17) is 20.4 Å². The Kier molecular flexibility index (Phi) is 10.5. The Labute approximate surface area is 242 Å². The molecule has 14 heteroatoms. The number of carbonyl (C=O) groups is 4. The minimum absolute atomic E-state index is 0.0211. The highest BCUT2D eigenvalue weighted by Gasteiger charge is 2.41. The molecule has 0 spiro atoms. The first-order chi connectivity index (χ1) is 20.2. The molecule has 226 valence electrons. The van der Waals surface area contributed by atoms with E-state index in [1.54, 1.807) is 12.4 Å². The van der Waals surface area contributed by atoms with Crippen LogP contribution in [0.2, 0.25) is 0 Å². The number of carboxylic acid groups (broad SMARTS) is 2. The molecule has 2 fully saturated rings. The number of carboxylic acids is 2. The van der Waals surface area contributed by atoms with Crippen molar-refractivity contribution in [3.8, 4) is 0 Å². The second kappa shape index (κ2) is 14.3. The van der Waals surface area contributed by atoms with Gasteiger partial charge in [-0.1, -0.05) is 24.3 Å². The largest absolute Gasteiger partial charge is 0.479 e. The van der Waals surface area contributed by atoms with Gasteiger partial charge in [-0.3, -0.25) is 24.3 Å². The molecular formula is C28H36N6O8. The lowest BCUT2D eigenvalue weighted by Gasteiger charge is -2.42. The number of aliphatic hydroxyl groups excluding tert-OH is 2. The van der Waals surface area contributed by atoms with E-state index in [0.717, 1.165) is 51.5 Å². The second-order valence-corrected chi connectivity index (χ2v) is 10.4. The summed E-state index contributed by atoms with van der Waals surface area (Å²) in [6.07, 6.45) is 1.56. The monoisotopic (exact) mass is 584 g/mol. The Hall–Kier alpha value is -3.98. The van der Waals surface area contributed by atoms with E-state index in [0.29, 0.717) is 26.1 Å². The van der Waals surface area contributed by atoms with Crippen molar-refractivity contribution in [3.63, 3.8) is 0 Å². The lowest BCUT2D eigenvalue weighted by Crippen LogP contribution is -2.61. The SMILES string of the molecule is O=C(O)C(O)C(O)C(=O)O.O=C1CN2Cc3ccccc3CC2C(=O)N1CCCCN1CCN(c2ncccn2)CC1. The maximum atomic E-state index is 13.1.